The molecular weight excluding hydrogens is 290 g/mol. The molecule has 1 atom stereocenters. The Morgan fingerprint density at radius 2 is 2.13 bits per heavy atom. The van der Waals surface area contributed by atoms with Crippen LogP contribution < -0.4 is 0 Å². The van der Waals surface area contributed by atoms with Gasteiger partial charge in [0.25, 0.3) is 0 Å². The summed E-state index contributed by atoms with van der Waals surface area (Å²) >= 11 is 0. The Morgan fingerprint density at radius 1 is 1.30 bits per heavy atom. The average Bonchev–Trinajstić information content (AvgIpc) is 3.05. The molecule has 2 fully saturated rings. The number of rotatable bonds is 4. The maximum atomic E-state index is 11.8. The summed E-state index contributed by atoms with van der Waals surface area (Å²) in [6.07, 6.45) is 8.21. The predicted octanol–water partition coefficient (Wildman–Crippen LogP) is 2.57. The van der Waals surface area contributed by atoms with Gasteiger partial charge in [0.15, 0.2) is 0 Å². The van der Waals surface area contributed by atoms with E-state index in [1.165, 1.54) is 25.1 Å². The zero-order chi connectivity index (χ0) is 16.1. The lowest BCUT2D eigenvalue weighted by Gasteiger charge is -2.36. The molecule has 0 N–H and O–H groups in total. The highest BCUT2D eigenvalue weighted by molar-refractivity contribution is 5.67. The normalized spacial score (nSPS) is 23.2. The summed E-state index contributed by atoms with van der Waals surface area (Å²) in [5, 5.41) is 0. The number of amides is 1. The molecule has 0 spiro atoms. The Morgan fingerprint density at radius 3 is 2.83 bits per heavy atom. The Bertz CT molecular complexity index is 500. The largest absolute Gasteiger partial charge is 0.450 e. The number of carbonyl (C=O) groups is 1. The number of aromatic nitrogens is 1. The lowest BCUT2D eigenvalue weighted by molar-refractivity contribution is 0.0797. The second kappa shape index (κ2) is 7.77. The van der Waals surface area contributed by atoms with Crippen LogP contribution in [0, 0.1) is 5.92 Å². The van der Waals surface area contributed by atoms with Gasteiger partial charge in [-0.2, -0.15) is 0 Å². The van der Waals surface area contributed by atoms with Crippen molar-refractivity contribution in [1.29, 1.82) is 0 Å². The minimum Gasteiger partial charge on any atom is -0.450 e. The molecule has 0 radical (unpaired) electrons. The van der Waals surface area contributed by atoms with Crippen LogP contribution >= 0.6 is 0 Å². The van der Waals surface area contributed by atoms with Crippen molar-refractivity contribution in [3.8, 4) is 0 Å². The van der Waals surface area contributed by atoms with Crippen molar-refractivity contribution < 1.29 is 9.53 Å². The number of nitrogens with zero attached hydrogens (tertiary/aromatic N) is 3. The molecule has 23 heavy (non-hydrogen) atoms. The van der Waals surface area contributed by atoms with Gasteiger partial charge < -0.3 is 9.64 Å². The van der Waals surface area contributed by atoms with Crippen molar-refractivity contribution in [1.82, 2.24) is 14.8 Å². The first kappa shape index (κ1) is 16.2. The highest BCUT2D eigenvalue weighted by atomic mass is 16.6. The first-order chi connectivity index (χ1) is 11.3. The molecule has 2 aliphatic heterocycles. The fourth-order valence-corrected chi connectivity index (χ4v) is 3.84. The second-order valence-corrected chi connectivity index (χ2v) is 6.63. The van der Waals surface area contributed by atoms with E-state index >= 15 is 0 Å². The fraction of sp³-hybridized carbons (Fsp3) is 0.667. The van der Waals surface area contributed by atoms with Crippen molar-refractivity contribution in [3.05, 3.63) is 30.1 Å². The van der Waals surface area contributed by atoms with E-state index in [0.29, 0.717) is 12.6 Å². The van der Waals surface area contributed by atoms with Crippen LogP contribution in [0.2, 0.25) is 0 Å². The van der Waals surface area contributed by atoms with Gasteiger partial charge in [-0.3, -0.25) is 9.88 Å². The van der Waals surface area contributed by atoms with Gasteiger partial charge in [-0.1, -0.05) is 6.07 Å². The van der Waals surface area contributed by atoms with E-state index in [2.05, 4.69) is 16.0 Å². The van der Waals surface area contributed by atoms with Gasteiger partial charge in [0, 0.05) is 38.1 Å². The van der Waals surface area contributed by atoms with Gasteiger partial charge in [-0.25, -0.2) is 4.79 Å². The minimum absolute atomic E-state index is 0.151. The van der Waals surface area contributed by atoms with Crippen LogP contribution in [0.3, 0.4) is 0 Å². The fourth-order valence-electron chi connectivity index (χ4n) is 3.84. The number of carbonyl (C=O) groups excluding carboxylic acids is 1. The van der Waals surface area contributed by atoms with E-state index in [1.807, 2.05) is 30.3 Å². The van der Waals surface area contributed by atoms with Gasteiger partial charge in [-0.05, 0) is 56.7 Å². The molecule has 3 heterocycles. The van der Waals surface area contributed by atoms with Crippen LogP contribution in [0.5, 0.6) is 0 Å². The van der Waals surface area contributed by atoms with Crippen molar-refractivity contribution in [2.24, 2.45) is 5.92 Å². The maximum Gasteiger partial charge on any atom is 0.409 e. The molecule has 3 rings (SSSR count). The number of hydrogen-bond acceptors (Lipinski definition) is 4. The molecule has 1 unspecified atom stereocenters. The third-order valence-electron chi connectivity index (χ3n) is 5.07. The first-order valence-corrected chi connectivity index (χ1v) is 8.81. The Balaban J connectivity index is 1.44. The predicted molar refractivity (Wildman–Crippen MR) is 89.2 cm³/mol. The number of hydrogen-bond donors (Lipinski definition) is 0. The van der Waals surface area contributed by atoms with Crippen molar-refractivity contribution in [2.75, 3.05) is 32.8 Å². The molecule has 2 saturated heterocycles. The van der Waals surface area contributed by atoms with Crippen LogP contribution in [-0.2, 0) is 11.2 Å². The Hall–Kier alpha value is -1.62. The smallest absolute Gasteiger partial charge is 0.409 e. The first-order valence-electron chi connectivity index (χ1n) is 8.81. The van der Waals surface area contributed by atoms with E-state index in [9.17, 15) is 4.79 Å². The molecule has 0 aromatic carbocycles. The summed E-state index contributed by atoms with van der Waals surface area (Å²) in [5.74, 6) is 0.738. The maximum absolute atomic E-state index is 11.8. The summed E-state index contributed by atoms with van der Waals surface area (Å²) < 4.78 is 5.09. The molecule has 0 saturated carbocycles. The summed E-state index contributed by atoms with van der Waals surface area (Å²) in [4.78, 5) is 20.5. The number of ether oxygens (including phenoxy) is 1. The van der Waals surface area contributed by atoms with E-state index in [4.69, 9.17) is 4.74 Å². The molecule has 5 nitrogen and oxygen atoms in total. The van der Waals surface area contributed by atoms with Gasteiger partial charge in [0.05, 0.1) is 6.61 Å². The average molecular weight is 317 g/mol. The molecule has 1 aromatic rings. The summed E-state index contributed by atoms with van der Waals surface area (Å²) in [7, 11) is 0. The highest BCUT2D eigenvalue weighted by Crippen LogP contribution is 2.26. The number of piperidine rings is 1. The minimum atomic E-state index is -0.151. The lowest BCUT2D eigenvalue weighted by Crippen LogP contribution is -2.46. The zero-order valence-electron chi connectivity index (χ0n) is 14.0. The van der Waals surface area contributed by atoms with E-state index < -0.39 is 0 Å². The Labute approximate surface area is 138 Å². The molecule has 126 valence electrons. The van der Waals surface area contributed by atoms with Gasteiger partial charge >= 0.3 is 6.09 Å². The van der Waals surface area contributed by atoms with E-state index in [0.717, 1.165) is 38.3 Å². The van der Waals surface area contributed by atoms with Crippen LogP contribution in [0.4, 0.5) is 4.79 Å². The third-order valence-corrected chi connectivity index (χ3v) is 5.07. The molecule has 1 aromatic heterocycles. The van der Waals surface area contributed by atoms with Crippen molar-refractivity contribution in [2.45, 2.75) is 38.6 Å². The van der Waals surface area contributed by atoms with Crippen LogP contribution in [0.15, 0.2) is 24.5 Å². The second-order valence-electron chi connectivity index (χ2n) is 6.63. The molecule has 0 bridgehead atoms. The summed E-state index contributed by atoms with van der Waals surface area (Å²) in [6, 6.07) is 4.82. The molecule has 0 aliphatic carbocycles. The Kier molecular flexibility index (Phi) is 5.49. The van der Waals surface area contributed by atoms with Gasteiger partial charge in [0.2, 0.25) is 0 Å². The van der Waals surface area contributed by atoms with Gasteiger partial charge in [-0.15, -0.1) is 0 Å². The van der Waals surface area contributed by atoms with Crippen molar-refractivity contribution in [3.63, 3.8) is 0 Å². The summed E-state index contributed by atoms with van der Waals surface area (Å²) in [5.41, 5.74) is 1.34. The monoisotopic (exact) mass is 317 g/mol. The standard InChI is InChI=1S/C18H27N3O2/c1-2-23-18(22)20-10-6-17(7-11-20)21-9-5-16(14-21)12-15-4-3-8-19-13-15/h3-4,8,13,16-17H,2,5-7,9-12,14H2,1H3. The molecular formula is C18H27N3O2. The SMILES string of the molecule is CCOC(=O)N1CCC(N2CCC(Cc3cccnc3)C2)CC1. The molecule has 2 aliphatic rings. The summed E-state index contributed by atoms with van der Waals surface area (Å²) in [6.45, 7) is 6.34. The molecule has 5 heteroatoms. The number of pyridine rings is 1. The van der Waals surface area contributed by atoms with Crippen LogP contribution in [0.25, 0.3) is 0 Å². The lowest BCUT2D eigenvalue weighted by atomic mass is 9.99. The van der Waals surface area contributed by atoms with Gasteiger partial charge in [0.1, 0.15) is 0 Å². The van der Waals surface area contributed by atoms with Crippen LogP contribution in [-0.4, -0.2) is 59.7 Å². The topological polar surface area (TPSA) is 45.7 Å². The van der Waals surface area contributed by atoms with E-state index in [-0.39, 0.29) is 6.09 Å². The number of likely N-dealkylation sites (tertiary alicyclic amines) is 2. The molecule has 1 amide bonds. The highest BCUT2D eigenvalue weighted by Gasteiger charge is 2.32. The van der Waals surface area contributed by atoms with Crippen molar-refractivity contribution >= 4 is 6.09 Å². The quantitative estimate of drug-likeness (QED) is 0.856. The van der Waals surface area contributed by atoms with E-state index in [1.54, 1.807) is 0 Å². The van der Waals surface area contributed by atoms with Crippen LogP contribution in [0.1, 0.15) is 31.7 Å². The third kappa shape index (κ3) is 4.22. The zero-order valence-corrected chi connectivity index (χ0v) is 14.0.